The molecule has 0 saturated carbocycles. The maximum absolute atomic E-state index is 11.0. The maximum Gasteiger partial charge on any atom is 0.221 e. The number of hydrogen-bond acceptors (Lipinski definition) is 3. The molecular weight excluding hydrogens is 286 g/mol. The highest BCUT2D eigenvalue weighted by Gasteiger charge is 2.18. The Hall–Kier alpha value is -1.70. The fraction of sp³-hybridized carbons (Fsp3) is 0.438. The van der Waals surface area contributed by atoms with Crippen LogP contribution in [0.3, 0.4) is 0 Å². The topological polar surface area (TPSA) is 44.4 Å². The molecule has 0 aliphatic carbocycles. The summed E-state index contributed by atoms with van der Waals surface area (Å²) in [7, 11) is 0. The Morgan fingerprint density at radius 1 is 1.48 bits per heavy atom. The molecule has 0 atom stereocenters. The molecule has 0 spiro atoms. The SMILES string of the molecule is C#CCN1CCC(Nc2ccc(NC(C)=O)c(Cl)c2)CC1. The normalized spacial score (nSPS) is 16.2. The number of carbonyl (C=O) groups is 1. The Bertz CT molecular complexity index is 545. The predicted molar refractivity (Wildman–Crippen MR) is 87.7 cm³/mol. The second-order valence-electron chi connectivity index (χ2n) is 5.27. The fourth-order valence-corrected chi connectivity index (χ4v) is 2.72. The number of benzene rings is 1. The first-order valence-corrected chi connectivity index (χ1v) is 7.46. The Balaban J connectivity index is 1.91. The van der Waals surface area contributed by atoms with Crippen molar-refractivity contribution in [1.29, 1.82) is 0 Å². The lowest BCUT2D eigenvalue weighted by molar-refractivity contribution is -0.114. The molecule has 1 saturated heterocycles. The van der Waals surface area contributed by atoms with E-state index in [0.29, 0.717) is 16.8 Å². The van der Waals surface area contributed by atoms with Gasteiger partial charge in [-0.25, -0.2) is 0 Å². The molecule has 2 rings (SSSR count). The Labute approximate surface area is 130 Å². The third-order valence-electron chi connectivity index (χ3n) is 3.55. The van der Waals surface area contributed by atoms with Gasteiger partial charge in [0.1, 0.15) is 0 Å². The van der Waals surface area contributed by atoms with Crippen LogP contribution in [0.2, 0.25) is 5.02 Å². The number of nitrogens with one attached hydrogen (secondary N) is 2. The zero-order valence-electron chi connectivity index (χ0n) is 12.2. The standard InChI is InChI=1S/C16H20ClN3O/c1-3-8-20-9-6-13(7-10-20)19-14-4-5-16(15(17)11-14)18-12(2)21/h1,4-5,11,13,19H,6-10H2,2H3,(H,18,21). The van der Waals surface area contributed by atoms with E-state index in [1.54, 1.807) is 0 Å². The van der Waals surface area contributed by atoms with E-state index in [1.165, 1.54) is 6.92 Å². The summed E-state index contributed by atoms with van der Waals surface area (Å²) >= 11 is 6.17. The van der Waals surface area contributed by atoms with Crippen molar-refractivity contribution in [2.75, 3.05) is 30.3 Å². The molecule has 0 bridgehead atoms. The molecule has 0 aromatic heterocycles. The van der Waals surface area contributed by atoms with Gasteiger partial charge in [0.25, 0.3) is 0 Å². The number of terminal acetylenes is 1. The molecule has 1 aliphatic rings. The van der Waals surface area contributed by atoms with Gasteiger partial charge < -0.3 is 10.6 Å². The first-order chi connectivity index (χ1) is 10.1. The van der Waals surface area contributed by atoms with E-state index in [2.05, 4.69) is 21.5 Å². The maximum atomic E-state index is 11.0. The molecule has 21 heavy (non-hydrogen) atoms. The van der Waals surface area contributed by atoms with Gasteiger partial charge in [0.15, 0.2) is 0 Å². The molecule has 112 valence electrons. The van der Waals surface area contributed by atoms with E-state index >= 15 is 0 Å². The van der Waals surface area contributed by atoms with Crippen LogP contribution in [-0.2, 0) is 4.79 Å². The summed E-state index contributed by atoms with van der Waals surface area (Å²) < 4.78 is 0. The number of carbonyl (C=O) groups excluding carboxylic acids is 1. The van der Waals surface area contributed by atoms with E-state index in [1.807, 2.05) is 18.2 Å². The average molecular weight is 306 g/mol. The third-order valence-corrected chi connectivity index (χ3v) is 3.87. The Kier molecular flexibility index (Phi) is 5.49. The van der Waals surface area contributed by atoms with Crippen molar-refractivity contribution in [3.8, 4) is 12.3 Å². The van der Waals surface area contributed by atoms with Crippen molar-refractivity contribution < 1.29 is 4.79 Å². The van der Waals surface area contributed by atoms with E-state index in [9.17, 15) is 4.79 Å². The first-order valence-electron chi connectivity index (χ1n) is 7.08. The average Bonchev–Trinajstić information content (AvgIpc) is 2.44. The summed E-state index contributed by atoms with van der Waals surface area (Å²) in [6, 6.07) is 6.03. The minimum absolute atomic E-state index is 0.126. The molecule has 1 aromatic rings. The second kappa shape index (κ2) is 7.35. The Morgan fingerprint density at radius 2 is 2.19 bits per heavy atom. The lowest BCUT2D eigenvalue weighted by Crippen LogP contribution is -2.39. The highest BCUT2D eigenvalue weighted by molar-refractivity contribution is 6.34. The summed E-state index contributed by atoms with van der Waals surface area (Å²) in [4.78, 5) is 13.3. The van der Waals surface area contributed by atoms with Crippen molar-refractivity contribution in [2.24, 2.45) is 0 Å². The predicted octanol–water partition coefficient (Wildman–Crippen LogP) is 2.81. The summed E-state index contributed by atoms with van der Waals surface area (Å²) in [5.74, 6) is 2.56. The minimum Gasteiger partial charge on any atom is -0.382 e. The Morgan fingerprint density at radius 3 is 2.76 bits per heavy atom. The number of halogens is 1. The molecular formula is C16H20ClN3O. The number of rotatable bonds is 4. The number of amides is 1. The molecule has 1 aliphatic heterocycles. The molecule has 1 aromatic carbocycles. The quantitative estimate of drug-likeness (QED) is 0.841. The van der Waals surface area contributed by atoms with Crippen LogP contribution in [0.15, 0.2) is 18.2 Å². The van der Waals surface area contributed by atoms with Crippen LogP contribution in [0, 0.1) is 12.3 Å². The molecule has 0 unspecified atom stereocenters. The van der Waals surface area contributed by atoms with Crippen LogP contribution >= 0.6 is 11.6 Å². The van der Waals surface area contributed by atoms with Crippen molar-refractivity contribution in [1.82, 2.24) is 4.90 Å². The molecule has 0 radical (unpaired) electrons. The second-order valence-corrected chi connectivity index (χ2v) is 5.68. The van der Waals surface area contributed by atoms with E-state index < -0.39 is 0 Å². The van der Waals surface area contributed by atoms with Crippen LogP contribution in [0.4, 0.5) is 11.4 Å². The number of nitrogens with zero attached hydrogens (tertiary/aromatic N) is 1. The van der Waals surface area contributed by atoms with Crippen LogP contribution in [-0.4, -0.2) is 36.5 Å². The van der Waals surface area contributed by atoms with E-state index in [-0.39, 0.29) is 5.91 Å². The molecule has 4 nitrogen and oxygen atoms in total. The van der Waals surface area contributed by atoms with Gasteiger partial charge in [-0.05, 0) is 31.0 Å². The van der Waals surface area contributed by atoms with Crippen LogP contribution < -0.4 is 10.6 Å². The summed E-state index contributed by atoms with van der Waals surface area (Å²) in [5, 5.41) is 6.73. The first kappa shape index (κ1) is 15.7. The zero-order valence-corrected chi connectivity index (χ0v) is 12.9. The lowest BCUT2D eigenvalue weighted by atomic mass is 10.0. The van der Waals surface area contributed by atoms with Crippen molar-refractivity contribution in [2.45, 2.75) is 25.8 Å². The van der Waals surface area contributed by atoms with Crippen LogP contribution in [0.25, 0.3) is 0 Å². The van der Waals surface area contributed by atoms with Crippen molar-refractivity contribution in [3.05, 3.63) is 23.2 Å². The van der Waals surface area contributed by atoms with Crippen LogP contribution in [0.1, 0.15) is 19.8 Å². The minimum atomic E-state index is -0.126. The number of piperidine rings is 1. The van der Waals surface area contributed by atoms with Crippen LogP contribution in [0.5, 0.6) is 0 Å². The molecule has 1 fully saturated rings. The highest BCUT2D eigenvalue weighted by Crippen LogP contribution is 2.26. The van der Waals surface area contributed by atoms with E-state index in [0.717, 1.165) is 38.2 Å². The number of likely N-dealkylation sites (tertiary alicyclic amines) is 1. The summed E-state index contributed by atoms with van der Waals surface area (Å²) in [5.41, 5.74) is 1.61. The van der Waals surface area contributed by atoms with Gasteiger partial charge in [0, 0.05) is 31.7 Å². The van der Waals surface area contributed by atoms with Gasteiger partial charge in [0.05, 0.1) is 17.3 Å². The fourth-order valence-electron chi connectivity index (χ4n) is 2.50. The van der Waals surface area contributed by atoms with Gasteiger partial charge in [-0.15, -0.1) is 6.42 Å². The molecule has 2 N–H and O–H groups in total. The summed E-state index contributed by atoms with van der Waals surface area (Å²) in [6.45, 7) is 4.22. The summed E-state index contributed by atoms with van der Waals surface area (Å²) in [6.07, 6.45) is 7.46. The van der Waals surface area contributed by atoms with Gasteiger partial charge in [-0.3, -0.25) is 9.69 Å². The molecule has 1 heterocycles. The highest BCUT2D eigenvalue weighted by atomic mass is 35.5. The number of hydrogen-bond donors (Lipinski definition) is 2. The molecule has 5 heteroatoms. The molecule has 1 amide bonds. The number of anilines is 2. The third kappa shape index (κ3) is 4.66. The van der Waals surface area contributed by atoms with Gasteiger partial charge in [-0.1, -0.05) is 17.5 Å². The van der Waals surface area contributed by atoms with Gasteiger partial charge in [0.2, 0.25) is 5.91 Å². The smallest absolute Gasteiger partial charge is 0.221 e. The van der Waals surface area contributed by atoms with E-state index in [4.69, 9.17) is 18.0 Å². The van der Waals surface area contributed by atoms with Gasteiger partial charge in [-0.2, -0.15) is 0 Å². The lowest BCUT2D eigenvalue weighted by Gasteiger charge is -2.31. The van der Waals surface area contributed by atoms with Crippen molar-refractivity contribution in [3.63, 3.8) is 0 Å². The van der Waals surface area contributed by atoms with Crippen molar-refractivity contribution >= 4 is 28.9 Å². The zero-order chi connectivity index (χ0) is 15.2. The monoisotopic (exact) mass is 305 g/mol. The largest absolute Gasteiger partial charge is 0.382 e. The van der Waals surface area contributed by atoms with Gasteiger partial charge >= 0.3 is 0 Å².